The van der Waals surface area contributed by atoms with E-state index in [2.05, 4.69) is 25.6 Å². The third-order valence-corrected chi connectivity index (χ3v) is 5.16. The van der Waals surface area contributed by atoms with Gasteiger partial charge < -0.3 is 15.0 Å². The SMILES string of the molecule is Nc1ncnc2c1ccn2C1CCC(N2CCOCC2)CC1. The van der Waals surface area contributed by atoms with Gasteiger partial charge in [0.25, 0.3) is 0 Å². The molecule has 2 N–H and O–H groups in total. The summed E-state index contributed by atoms with van der Waals surface area (Å²) in [4.78, 5) is 11.1. The Morgan fingerprint density at radius 2 is 1.77 bits per heavy atom. The van der Waals surface area contributed by atoms with Crippen LogP contribution in [0, 0.1) is 0 Å². The summed E-state index contributed by atoms with van der Waals surface area (Å²) in [5.41, 5.74) is 6.91. The van der Waals surface area contributed by atoms with E-state index in [1.54, 1.807) is 6.33 Å². The third-order valence-electron chi connectivity index (χ3n) is 5.16. The molecule has 0 spiro atoms. The van der Waals surface area contributed by atoms with Gasteiger partial charge in [-0.25, -0.2) is 9.97 Å². The number of rotatable bonds is 2. The van der Waals surface area contributed by atoms with Crippen LogP contribution in [0.4, 0.5) is 5.82 Å². The van der Waals surface area contributed by atoms with Crippen LogP contribution in [0.2, 0.25) is 0 Å². The number of morpholine rings is 1. The van der Waals surface area contributed by atoms with Crippen molar-refractivity contribution >= 4 is 16.9 Å². The van der Waals surface area contributed by atoms with Crippen molar-refractivity contribution in [2.75, 3.05) is 32.0 Å². The van der Waals surface area contributed by atoms with Crippen LogP contribution < -0.4 is 5.73 Å². The van der Waals surface area contributed by atoms with Crippen molar-refractivity contribution in [3.05, 3.63) is 18.6 Å². The average Bonchev–Trinajstić information content (AvgIpc) is 3.01. The van der Waals surface area contributed by atoms with E-state index in [0.29, 0.717) is 11.9 Å². The lowest BCUT2D eigenvalue weighted by atomic mass is 9.90. The molecule has 1 aliphatic heterocycles. The van der Waals surface area contributed by atoms with Crippen LogP contribution in [-0.2, 0) is 4.74 Å². The number of ether oxygens (including phenoxy) is 1. The first-order valence-corrected chi connectivity index (χ1v) is 8.22. The molecule has 1 saturated heterocycles. The van der Waals surface area contributed by atoms with E-state index >= 15 is 0 Å². The molecular weight excluding hydrogens is 278 g/mol. The van der Waals surface area contributed by atoms with E-state index in [1.807, 2.05) is 6.07 Å². The van der Waals surface area contributed by atoms with Crippen molar-refractivity contribution in [3.8, 4) is 0 Å². The molecule has 0 bridgehead atoms. The van der Waals surface area contributed by atoms with E-state index in [0.717, 1.165) is 43.4 Å². The van der Waals surface area contributed by atoms with Gasteiger partial charge in [-0.1, -0.05) is 0 Å². The van der Waals surface area contributed by atoms with Crippen LogP contribution in [0.1, 0.15) is 31.7 Å². The highest BCUT2D eigenvalue weighted by molar-refractivity contribution is 5.86. The lowest BCUT2D eigenvalue weighted by molar-refractivity contribution is 0.00557. The van der Waals surface area contributed by atoms with E-state index in [9.17, 15) is 0 Å². The molecule has 4 rings (SSSR count). The molecule has 2 fully saturated rings. The molecule has 0 aromatic carbocycles. The van der Waals surface area contributed by atoms with Crippen molar-refractivity contribution in [2.45, 2.75) is 37.8 Å². The van der Waals surface area contributed by atoms with Gasteiger partial charge in [-0.05, 0) is 31.7 Å². The largest absolute Gasteiger partial charge is 0.383 e. The molecule has 6 heteroatoms. The second kappa shape index (κ2) is 5.85. The number of nitrogen functional groups attached to an aromatic ring is 1. The number of hydrogen-bond donors (Lipinski definition) is 1. The highest BCUT2D eigenvalue weighted by atomic mass is 16.5. The predicted octanol–water partition coefficient (Wildman–Crippen LogP) is 1.83. The molecule has 0 atom stereocenters. The molecular formula is C16H23N5O. The normalized spacial score (nSPS) is 27.3. The number of hydrogen-bond acceptors (Lipinski definition) is 5. The Balaban J connectivity index is 1.47. The van der Waals surface area contributed by atoms with Gasteiger partial charge >= 0.3 is 0 Å². The van der Waals surface area contributed by atoms with Crippen molar-refractivity contribution in [3.63, 3.8) is 0 Å². The van der Waals surface area contributed by atoms with Gasteiger partial charge in [0.15, 0.2) is 0 Å². The summed E-state index contributed by atoms with van der Waals surface area (Å²) in [5, 5.41) is 0.970. The van der Waals surface area contributed by atoms with Crippen LogP contribution in [0.25, 0.3) is 11.0 Å². The Hall–Kier alpha value is -1.66. The Morgan fingerprint density at radius 1 is 1.05 bits per heavy atom. The van der Waals surface area contributed by atoms with E-state index < -0.39 is 0 Å². The number of nitrogens with two attached hydrogens (primary N) is 1. The van der Waals surface area contributed by atoms with Crippen molar-refractivity contribution in [1.29, 1.82) is 0 Å². The smallest absolute Gasteiger partial charge is 0.145 e. The minimum absolute atomic E-state index is 0.532. The van der Waals surface area contributed by atoms with E-state index in [1.165, 1.54) is 25.7 Å². The van der Waals surface area contributed by atoms with Crippen LogP contribution in [0.15, 0.2) is 18.6 Å². The number of aromatic nitrogens is 3. The minimum Gasteiger partial charge on any atom is -0.383 e. The van der Waals surface area contributed by atoms with Crippen molar-refractivity contribution in [1.82, 2.24) is 19.4 Å². The summed E-state index contributed by atoms with van der Waals surface area (Å²) in [5.74, 6) is 0.575. The third kappa shape index (κ3) is 2.46. The molecule has 1 saturated carbocycles. The zero-order valence-electron chi connectivity index (χ0n) is 12.8. The number of nitrogens with zero attached hydrogens (tertiary/aromatic N) is 4. The van der Waals surface area contributed by atoms with E-state index in [-0.39, 0.29) is 0 Å². The van der Waals surface area contributed by atoms with Crippen LogP contribution in [-0.4, -0.2) is 51.8 Å². The summed E-state index contributed by atoms with van der Waals surface area (Å²) in [6, 6.07) is 3.30. The molecule has 2 aromatic heterocycles. The second-order valence-corrected chi connectivity index (χ2v) is 6.33. The maximum atomic E-state index is 5.94. The molecule has 2 aromatic rings. The second-order valence-electron chi connectivity index (χ2n) is 6.33. The molecule has 2 aliphatic rings. The molecule has 22 heavy (non-hydrogen) atoms. The van der Waals surface area contributed by atoms with Gasteiger partial charge in [0.2, 0.25) is 0 Å². The molecule has 0 amide bonds. The summed E-state index contributed by atoms with van der Waals surface area (Å²) in [6.07, 6.45) is 8.60. The Bertz CT molecular complexity index is 641. The maximum Gasteiger partial charge on any atom is 0.145 e. The zero-order valence-corrected chi connectivity index (χ0v) is 12.8. The monoisotopic (exact) mass is 301 g/mol. The number of fused-ring (bicyclic) bond motifs is 1. The van der Waals surface area contributed by atoms with Gasteiger partial charge in [-0.3, -0.25) is 4.90 Å². The fraction of sp³-hybridized carbons (Fsp3) is 0.625. The Kier molecular flexibility index (Phi) is 3.72. The highest BCUT2D eigenvalue weighted by Gasteiger charge is 2.28. The van der Waals surface area contributed by atoms with Gasteiger partial charge in [-0.15, -0.1) is 0 Å². The minimum atomic E-state index is 0.532. The van der Waals surface area contributed by atoms with Crippen LogP contribution >= 0.6 is 0 Å². The lowest BCUT2D eigenvalue weighted by Crippen LogP contribution is -2.45. The van der Waals surface area contributed by atoms with Crippen molar-refractivity contribution in [2.24, 2.45) is 0 Å². The first-order chi connectivity index (χ1) is 10.8. The van der Waals surface area contributed by atoms with Gasteiger partial charge in [0.1, 0.15) is 17.8 Å². The Morgan fingerprint density at radius 3 is 2.55 bits per heavy atom. The standard InChI is InChI=1S/C16H23N5O/c17-15-14-5-6-21(16(14)19-11-18-15)13-3-1-12(2-4-13)20-7-9-22-10-8-20/h5-6,11-13H,1-4,7-10H2,(H2,17,18,19). The molecule has 0 radical (unpaired) electrons. The summed E-state index contributed by atoms with van der Waals surface area (Å²) < 4.78 is 7.75. The first-order valence-electron chi connectivity index (χ1n) is 8.22. The fourth-order valence-electron chi connectivity index (χ4n) is 3.93. The molecule has 118 valence electrons. The molecule has 1 aliphatic carbocycles. The van der Waals surface area contributed by atoms with Gasteiger partial charge in [0, 0.05) is 31.4 Å². The summed E-state index contributed by atoms with van der Waals surface area (Å²) in [7, 11) is 0. The highest BCUT2D eigenvalue weighted by Crippen LogP contribution is 2.34. The summed E-state index contributed by atoms with van der Waals surface area (Å²) >= 11 is 0. The Labute approximate surface area is 130 Å². The zero-order chi connectivity index (χ0) is 14.9. The lowest BCUT2D eigenvalue weighted by Gasteiger charge is -2.39. The average molecular weight is 301 g/mol. The molecule has 6 nitrogen and oxygen atoms in total. The predicted molar refractivity (Wildman–Crippen MR) is 85.6 cm³/mol. The summed E-state index contributed by atoms with van der Waals surface area (Å²) in [6.45, 7) is 3.95. The molecule has 0 unspecified atom stereocenters. The fourth-order valence-corrected chi connectivity index (χ4v) is 3.93. The van der Waals surface area contributed by atoms with Crippen molar-refractivity contribution < 1.29 is 4.74 Å². The maximum absolute atomic E-state index is 5.94. The van der Waals surface area contributed by atoms with Gasteiger partial charge in [0.05, 0.1) is 18.6 Å². The molecule has 3 heterocycles. The quantitative estimate of drug-likeness (QED) is 0.916. The van der Waals surface area contributed by atoms with Crippen LogP contribution in [0.5, 0.6) is 0 Å². The van der Waals surface area contributed by atoms with Crippen LogP contribution in [0.3, 0.4) is 0 Å². The topological polar surface area (TPSA) is 69.2 Å². The first kappa shape index (κ1) is 14.0. The van der Waals surface area contributed by atoms with Gasteiger partial charge in [-0.2, -0.15) is 0 Å². The van der Waals surface area contributed by atoms with E-state index in [4.69, 9.17) is 10.5 Å². The number of anilines is 1.